The second kappa shape index (κ2) is 8.72. The van der Waals surface area contributed by atoms with E-state index in [1.807, 2.05) is 12.1 Å². The third-order valence-electron chi connectivity index (χ3n) is 3.55. The Bertz CT molecular complexity index is 834. The van der Waals surface area contributed by atoms with Crippen molar-refractivity contribution in [2.24, 2.45) is 0 Å². The maximum Gasteiger partial charge on any atom is 0.251 e. The van der Waals surface area contributed by atoms with E-state index in [-0.39, 0.29) is 12.5 Å². The van der Waals surface area contributed by atoms with Crippen molar-refractivity contribution in [3.05, 3.63) is 66.2 Å². The van der Waals surface area contributed by atoms with Crippen LogP contribution in [-0.4, -0.2) is 46.2 Å². The lowest BCUT2D eigenvalue weighted by atomic mass is 10.2. The maximum atomic E-state index is 12.2. The van der Waals surface area contributed by atoms with Crippen molar-refractivity contribution in [2.45, 2.75) is 6.54 Å². The van der Waals surface area contributed by atoms with Crippen LogP contribution in [0.2, 0.25) is 0 Å². The average Bonchev–Trinajstić information content (AvgIpc) is 3.17. The van der Waals surface area contributed by atoms with Gasteiger partial charge in [0.1, 0.15) is 18.1 Å². The van der Waals surface area contributed by atoms with E-state index in [0.717, 1.165) is 5.69 Å². The Kier molecular flexibility index (Phi) is 5.89. The Morgan fingerprint density at radius 3 is 2.77 bits per heavy atom. The molecule has 1 N–H and O–H groups in total. The van der Waals surface area contributed by atoms with Crippen LogP contribution in [0.3, 0.4) is 0 Å². The monoisotopic (exact) mass is 353 g/mol. The number of rotatable bonds is 8. The molecule has 0 aliphatic carbocycles. The Labute approximate surface area is 150 Å². The summed E-state index contributed by atoms with van der Waals surface area (Å²) in [4.78, 5) is 16.3. The van der Waals surface area contributed by atoms with Crippen LogP contribution in [-0.2, 0) is 11.3 Å². The first-order valence-corrected chi connectivity index (χ1v) is 8.08. The van der Waals surface area contributed by atoms with E-state index >= 15 is 0 Å². The lowest BCUT2D eigenvalue weighted by Crippen LogP contribution is -2.22. The number of hydrogen-bond acceptors (Lipinski definition) is 6. The summed E-state index contributed by atoms with van der Waals surface area (Å²) in [6.45, 7) is 1.27. The van der Waals surface area contributed by atoms with Crippen LogP contribution in [0, 0.1) is 0 Å². The van der Waals surface area contributed by atoms with Crippen LogP contribution >= 0.6 is 0 Å². The first-order valence-electron chi connectivity index (χ1n) is 8.08. The topological polar surface area (TPSA) is 91.2 Å². The molecule has 3 rings (SSSR count). The quantitative estimate of drug-likeness (QED) is 0.619. The van der Waals surface area contributed by atoms with Crippen molar-refractivity contribution < 1.29 is 14.3 Å². The highest BCUT2D eigenvalue weighted by Gasteiger charge is 2.08. The van der Waals surface area contributed by atoms with Gasteiger partial charge in [0.05, 0.1) is 31.2 Å². The highest BCUT2D eigenvalue weighted by atomic mass is 16.5. The number of amides is 1. The number of nitrogens with zero attached hydrogens (tertiary/aromatic N) is 4. The van der Waals surface area contributed by atoms with Crippen LogP contribution in [0.4, 0.5) is 0 Å². The van der Waals surface area contributed by atoms with Crippen LogP contribution in [0.15, 0.2) is 55.0 Å². The van der Waals surface area contributed by atoms with Crippen LogP contribution in [0.1, 0.15) is 16.1 Å². The van der Waals surface area contributed by atoms with E-state index in [0.29, 0.717) is 30.2 Å². The number of ether oxygens (including phenoxy) is 2. The summed E-state index contributed by atoms with van der Waals surface area (Å²) in [7, 11) is 1.62. The number of pyridine rings is 1. The van der Waals surface area contributed by atoms with Crippen molar-refractivity contribution in [3.8, 4) is 11.4 Å². The second-order valence-electron chi connectivity index (χ2n) is 5.41. The van der Waals surface area contributed by atoms with Gasteiger partial charge in [0.2, 0.25) is 0 Å². The zero-order chi connectivity index (χ0) is 18.2. The molecule has 8 nitrogen and oxygen atoms in total. The normalized spacial score (nSPS) is 10.5. The summed E-state index contributed by atoms with van der Waals surface area (Å²) in [5, 5.41) is 10.9. The van der Waals surface area contributed by atoms with Gasteiger partial charge in [0.15, 0.2) is 0 Å². The molecule has 0 fully saturated rings. The number of benzene rings is 1. The molecule has 0 aliphatic rings. The van der Waals surface area contributed by atoms with Gasteiger partial charge in [-0.05, 0) is 36.4 Å². The molecule has 0 aliphatic heterocycles. The van der Waals surface area contributed by atoms with E-state index in [1.54, 1.807) is 54.6 Å². The molecule has 1 amide bonds. The fourth-order valence-corrected chi connectivity index (χ4v) is 2.21. The number of aromatic nitrogens is 4. The van der Waals surface area contributed by atoms with E-state index in [1.165, 1.54) is 0 Å². The molecular weight excluding hydrogens is 334 g/mol. The van der Waals surface area contributed by atoms with Gasteiger partial charge < -0.3 is 14.8 Å². The number of hydrogen-bond donors (Lipinski definition) is 1. The SMILES string of the molecule is COCCOc1ccc(C(=O)NCc2cn(-c3cccnc3)nn2)cc1. The zero-order valence-electron chi connectivity index (χ0n) is 14.3. The molecule has 0 saturated heterocycles. The van der Waals surface area contributed by atoms with Crippen molar-refractivity contribution in [2.75, 3.05) is 20.3 Å². The number of nitrogens with one attached hydrogen (secondary N) is 1. The predicted molar refractivity (Wildman–Crippen MR) is 94.1 cm³/mol. The fourth-order valence-electron chi connectivity index (χ4n) is 2.21. The summed E-state index contributed by atoms with van der Waals surface area (Å²) in [6.07, 6.45) is 5.13. The third kappa shape index (κ3) is 4.64. The van der Waals surface area contributed by atoms with Crippen LogP contribution < -0.4 is 10.1 Å². The smallest absolute Gasteiger partial charge is 0.251 e. The largest absolute Gasteiger partial charge is 0.491 e. The highest BCUT2D eigenvalue weighted by molar-refractivity contribution is 5.94. The Morgan fingerprint density at radius 1 is 1.19 bits per heavy atom. The van der Waals surface area contributed by atoms with Gasteiger partial charge >= 0.3 is 0 Å². The van der Waals surface area contributed by atoms with E-state index < -0.39 is 0 Å². The third-order valence-corrected chi connectivity index (χ3v) is 3.55. The molecule has 0 atom stereocenters. The Balaban J connectivity index is 1.53. The Hall–Kier alpha value is -3.26. The summed E-state index contributed by atoms with van der Waals surface area (Å²) in [5.74, 6) is 0.502. The lowest BCUT2D eigenvalue weighted by molar-refractivity contribution is 0.0950. The number of carbonyl (C=O) groups excluding carboxylic acids is 1. The maximum absolute atomic E-state index is 12.2. The van der Waals surface area contributed by atoms with Gasteiger partial charge in [0, 0.05) is 18.9 Å². The average molecular weight is 353 g/mol. The number of methoxy groups -OCH3 is 1. The molecule has 0 unspecified atom stereocenters. The van der Waals surface area contributed by atoms with Gasteiger partial charge in [-0.2, -0.15) is 0 Å². The first-order chi connectivity index (χ1) is 12.8. The molecule has 0 bridgehead atoms. The van der Waals surface area contributed by atoms with Crippen molar-refractivity contribution in [1.29, 1.82) is 0 Å². The molecule has 134 valence electrons. The molecular formula is C18H19N5O3. The van der Waals surface area contributed by atoms with E-state index in [9.17, 15) is 4.79 Å². The van der Waals surface area contributed by atoms with E-state index in [2.05, 4.69) is 20.6 Å². The summed E-state index contributed by atoms with van der Waals surface area (Å²) in [6, 6.07) is 10.6. The molecule has 8 heteroatoms. The summed E-state index contributed by atoms with van der Waals surface area (Å²) < 4.78 is 12.0. The van der Waals surface area contributed by atoms with Gasteiger partial charge in [0.25, 0.3) is 5.91 Å². The molecule has 0 spiro atoms. The van der Waals surface area contributed by atoms with Gasteiger partial charge in [-0.25, -0.2) is 4.68 Å². The van der Waals surface area contributed by atoms with Crippen molar-refractivity contribution >= 4 is 5.91 Å². The predicted octanol–water partition coefficient (Wildman–Crippen LogP) is 1.62. The van der Waals surface area contributed by atoms with Gasteiger partial charge in [-0.15, -0.1) is 5.10 Å². The molecule has 26 heavy (non-hydrogen) atoms. The molecule has 2 heterocycles. The minimum Gasteiger partial charge on any atom is -0.491 e. The fraction of sp³-hybridized carbons (Fsp3) is 0.222. The van der Waals surface area contributed by atoms with Gasteiger partial charge in [-0.1, -0.05) is 5.21 Å². The zero-order valence-corrected chi connectivity index (χ0v) is 14.3. The van der Waals surface area contributed by atoms with Crippen molar-refractivity contribution in [1.82, 2.24) is 25.3 Å². The first kappa shape index (κ1) is 17.6. The molecule has 3 aromatic rings. The molecule has 1 aromatic carbocycles. The van der Waals surface area contributed by atoms with Crippen molar-refractivity contribution in [3.63, 3.8) is 0 Å². The highest BCUT2D eigenvalue weighted by Crippen LogP contribution is 2.12. The standard InChI is InChI=1S/C18H19N5O3/c1-25-9-10-26-17-6-4-14(5-7-17)18(24)20-11-15-13-23(22-21-15)16-3-2-8-19-12-16/h2-8,12-13H,9-11H2,1H3,(H,20,24). The summed E-state index contributed by atoms with van der Waals surface area (Å²) in [5.41, 5.74) is 2.01. The van der Waals surface area contributed by atoms with Crippen LogP contribution in [0.25, 0.3) is 5.69 Å². The van der Waals surface area contributed by atoms with E-state index in [4.69, 9.17) is 9.47 Å². The second-order valence-corrected chi connectivity index (χ2v) is 5.41. The summed E-state index contributed by atoms with van der Waals surface area (Å²) >= 11 is 0. The minimum absolute atomic E-state index is 0.190. The van der Waals surface area contributed by atoms with Gasteiger partial charge in [-0.3, -0.25) is 9.78 Å². The molecule has 0 radical (unpaired) electrons. The Morgan fingerprint density at radius 2 is 2.04 bits per heavy atom. The molecule has 2 aromatic heterocycles. The lowest BCUT2D eigenvalue weighted by Gasteiger charge is -2.07. The van der Waals surface area contributed by atoms with Crippen LogP contribution in [0.5, 0.6) is 5.75 Å². The molecule has 0 saturated carbocycles. The number of carbonyl (C=O) groups is 1. The minimum atomic E-state index is -0.190.